The number of phenolic OH excluding ortho intramolecular Hbond substituents is 1. The Balaban J connectivity index is 2.83. The summed E-state index contributed by atoms with van der Waals surface area (Å²) >= 11 is 0. The minimum atomic E-state index is 0.175. The van der Waals surface area contributed by atoms with Gasteiger partial charge in [0.2, 0.25) is 5.95 Å². The fourth-order valence-electron chi connectivity index (χ4n) is 1.66. The third-order valence-corrected chi connectivity index (χ3v) is 2.24. The summed E-state index contributed by atoms with van der Waals surface area (Å²) in [4.78, 5) is 4.12. The number of nitrogens with zero attached hydrogens (tertiary/aromatic N) is 2. The molecule has 0 bridgehead atoms. The van der Waals surface area contributed by atoms with Crippen LogP contribution in [0.2, 0.25) is 0 Å². The molecule has 0 spiro atoms. The summed E-state index contributed by atoms with van der Waals surface area (Å²) in [7, 11) is 0. The van der Waals surface area contributed by atoms with Gasteiger partial charge in [-0.05, 0) is 26.0 Å². The molecule has 1 heterocycles. The number of phenols is 1. The van der Waals surface area contributed by atoms with Crippen LogP contribution >= 0.6 is 0 Å². The van der Waals surface area contributed by atoms with Crippen molar-refractivity contribution in [3.05, 3.63) is 18.2 Å². The number of para-hydroxylation sites is 1. The molecule has 4 nitrogen and oxygen atoms in total. The van der Waals surface area contributed by atoms with Gasteiger partial charge in [0.15, 0.2) is 0 Å². The molecule has 1 aromatic heterocycles. The number of aromatic nitrogens is 2. The van der Waals surface area contributed by atoms with Gasteiger partial charge in [0, 0.05) is 6.04 Å². The molecule has 0 fully saturated rings. The molecule has 3 N–H and O–H groups in total. The molecule has 0 radical (unpaired) electrons. The lowest BCUT2D eigenvalue weighted by Crippen LogP contribution is -2.05. The van der Waals surface area contributed by atoms with Crippen LogP contribution in [0.1, 0.15) is 19.9 Å². The second kappa shape index (κ2) is 2.90. The van der Waals surface area contributed by atoms with E-state index in [1.165, 1.54) is 0 Å². The molecule has 74 valence electrons. The van der Waals surface area contributed by atoms with Crippen LogP contribution in [0.15, 0.2) is 18.2 Å². The molecule has 0 saturated heterocycles. The van der Waals surface area contributed by atoms with Gasteiger partial charge in [0.1, 0.15) is 11.3 Å². The van der Waals surface area contributed by atoms with Crippen molar-refractivity contribution in [1.82, 2.24) is 9.55 Å². The lowest BCUT2D eigenvalue weighted by Gasteiger charge is -2.09. The zero-order chi connectivity index (χ0) is 10.3. The quantitative estimate of drug-likeness (QED) is 0.723. The molecule has 14 heavy (non-hydrogen) atoms. The minimum absolute atomic E-state index is 0.175. The smallest absolute Gasteiger partial charge is 0.201 e. The molecule has 0 aliphatic carbocycles. The molecule has 0 aliphatic heterocycles. The van der Waals surface area contributed by atoms with Crippen LogP contribution in [0.4, 0.5) is 5.95 Å². The van der Waals surface area contributed by atoms with Gasteiger partial charge in [0.25, 0.3) is 0 Å². The van der Waals surface area contributed by atoms with E-state index in [4.69, 9.17) is 5.73 Å². The Morgan fingerprint density at radius 1 is 1.43 bits per heavy atom. The van der Waals surface area contributed by atoms with Crippen molar-refractivity contribution in [2.24, 2.45) is 0 Å². The number of imidazole rings is 1. The maximum absolute atomic E-state index is 9.56. The Morgan fingerprint density at radius 2 is 2.14 bits per heavy atom. The molecule has 0 unspecified atom stereocenters. The number of nitrogens with two attached hydrogens (primary N) is 1. The number of benzene rings is 1. The summed E-state index contributed by atoms with van der Waals surface area (Å²) in [5.41, 5.74) is 7.20. The first-order valence-corrected chi connectivity index (χ1v) is 4.56. The Labute approximate surface area is 82.0 Å². The van der Waals surface area contributed by atoms with Crippen molar-refractivity contribution in [2.45, 2.75) is 19.9 Å². The summed E-state index contributed by atoms with van der Waals surface area (Å²) in [5.74, 6) is 0.616. The highest BCUT2D eigenvalue weighted by Gasteiger charge is 2.12. The summed E-state index contributed by atoms with van der Waals surface area (Å²) < 4.78 is 1.90. The minimum Gasteiger partial charge on any atom is -0.506 e. The number of fused-ring (bicyclic) bond motifs is 1. The SMILES string of the molecule is CC(C)n1c(N)nc2c(O)cccc21. The Morgan fingerprint density at radius 3 is 2.79 bits per heavy atom. The monoisotopic (exact) mass is 191 g/mol. The van der Waals surface area contributed by atoms with Gasteiger partial charge < -0.3 is 15.4 Å². The number of nitrogen functional groups attached to an aromatic ring is 1. The van der Waals surface area contributed by atoms with E-state index >= 15 is 0 Å². The predicted molar refractivity (Wildman–Crippen MR) is 56.2 cm³/mol. The van der Waals surface area contributed by atoms with Crippen molar-refractivity contribution in [3.8, 4) is 5.75 Å². The zero-order valence-electron chi connectivity index (χ0n) is 8.23. The fourth-order valence-corrected chi connectivity index (χ4v) is 1.66. The van der Waals surface area contributed by atoms with Crippen LogP contribution in [0.25, 0.3) is 11.0 Å². The van der Waals surface area contributed by atoms with Crippen LogP contribution in [0.3, 0.4) is 0 Å². The third kappa shape index (κ3) is 1.11. The molecule has 4 heteroatoms. The molecular weight excluding hydrogens is 178 g/mol. The number of hydrogen-bond donors (Lipinski definition) is 2. The number of anilines is 1. The highest BCUT2D eigenvalue weighted by atomic mass is 16.3. The number of hydrogen-bond acceptors (Lipinski definition) is 3. The summed E-state index contributed by atoms with van der Waals surface area (Å²) in [6, 6.07) is 5.54. The van der Waals surface area contributed by atoms with Crippen LogP contribution in [-0.2, 0) is 0 Å². The lowest BCUT2D eigenvalue weighted by atomic mass is 10.3. The number of aromatic hydroxyl groups is 1. The van der Waals surface area contributed by atoms with E-state index in [1.807, 2.05) is 24.5 Å². The zero-order valence-corrected chi connectivity index (χ0v) is 8.23. The van der Waals surface area contributed by atoms with E-state index in [0.29, 0.717) is 11.5 Å². The average Bonchev–Trinajstić information content (AvgIpc) is 2.42. The van der Waals surface area contributed by atoms with Gasteiger partial charge in [-0.2, -0.15) is 0 Å². The van der Waals surface area contributed by atoms with Gasteiger partial charge in [-0.15, -0.1) is 0 Å². The normalized spacial score (nSPS) is 11.4. The molecule has 1 aromatic carbocycles. The van der Waals surface area contributed by atoms with E-state index in [9.17, 15) is 5.11 Å². The standard InChI is InChI=1S/C10H13N3O/c1-6(2)13-7-4-3-5-8(14)9(7)12-10(13)11/h3-6,14H,1-2H3,(H2,11,12). The third-order valence-electron chi connectivity index (χ3n) is 2.24. The molecule has 0 saturated carbocycles. The van der Waals surface area contributed by atoms with Gasteiger partial charge in [-0.1, -0.05) is 6.07 Å². The predicted octanol–water partition coefficient (Wildman–Crippen LogP) is 1.90. The van der Waals surface area contributed by atoms with Crippen molar-refractivity contribution < 1.29 is 5.11 Å². The maximum atomic E-state index is 9.56. The van der Waals surface area contributed by atoms with Crippen molar-refractivity contribution in [1.29, 1.82) is 0 Å². The van der Waals surface area contributed by atoms with Crippen LogP contribution in [-0.4, -0.2) is 14.7 Å². The first kappa shape index (κ1) is 8.87. The molecular formula is C10H13N3O. The highest BCUT2D eigenvalue weighted by Crippen LogP contribution is 2.28. The van der Waals surface area contributed by atoms with Crippen LogP contribution in [0.5, 0.6) is 5.75 Å². The van der Waals surface area contributed by atoms with Gasteiger partial charge >= 0.3 is 0 Å². The Bertz CT molecular complexity index is 473. The summed E-state index contributed by atoms with van der Waals surface area (Å²) in [5, 5.41) is 9.56. The van der Waals surface area contributed by atoms with Gasteiger partial charge in [-0.3, -0.25) is 0 Å². The van der Waals surface area contributed by atoms with Gasteiger partial charge in [0.05, 0.1) is 5.52 Å². The Kier molecular flexibility index (Phi) is 1.84. The molecule has 0 aliphatic rings. The summed E-state index contributed by atoms with van der Waals surface area (Å²) in [6.45, 7) is 4.06. The molecule has 2 rings (SSSR count). The van der Waals surface area contributed by atoms with Crippen molar-refractivity contribution in [3.63, 3.8) is 0 Å². The Hall–Kier alpha value is -1.71. The lowest BCUT2D eigenvalue weighted by molar-refractivity contribution is 0.480. The van der Waals surface area contributed by atoms with Crippen molar-refractivity contribution >= 4 is 17.0 Å². The van der Waals surface area contributed by atoms with E-state index in [0.717, 1.165) is 5.52 Å². The van der Waals surface area contributed by atoms with Crippen LogP contribution < -0.4 is 5.73 Å². The molecule has 0 atom stereocenters. The van der Waals surface area contributed by atoms with E-state index < -0.39 is 0 Å². The van der Waals surface area contributed by atoms with E-state index in [1.54, 1.807) is 12.1 Å². The fraction of sp³-hybridized carbons (Fsp3) is 0.300. The average molecular weight is 191 g/mol. The van der Waals surface area contributed by atoms with Gasteiger partial charge in [-0.25, -0.2) is 4.98 Å². The van der Waals surface area contributed by atoms with Crippen molar-refractivity contribution in [2.75, 3.05) is 5.73 Å². The highest BCUT2D eigenvalue weighted by molar-refractivity contribution is 5.84. The maximum Gasteiger partial charge on any atom is 0.201 e. The molecule has 0 amide bonds. The topological polar surface area (TPSA) is 64.1 Å². The second-order valence-electron chi connectivity index (χ2n) is 3.58. The second-order valence-corrected chi connectivity index (χ2v) is 3.58. The first-order valence-electron chi connectivity index (χ1n) is 4.56. The summed E-state index contributed by atoms with van der Waals surface area (Å²) in [6.07, 6.45) is 0. The van der Waals surface area contributed by atoms with Crippen LogP contribution in [0, 0.1) is 0 Å². The van der Waals surface area contributed by atoms with E-state index in [2.05, 4.69) is 4.98 Å². The number of rotatable bonds is 1. The van der Waals surface area contributed by atoms with E-state index in [-0.39, 0.29) is 11.8 Å². The largest absolute Gasteiger partial charge is 0.506 e. The first-order chi connectivity index (χ1) is 6.61. The molecule has 2 aromatic rings.